The van der Waals surface area contributed by atoms with E-state index in [1.807, 2.05) is 20.8 Å². The zero-order chi connectivity index (χ0) is 22.3. The third-order valence-electron chi connectivity index (χ3n) is 3.72. The Morgan fingerprint density at radius 2 is 1.07 bits per heavy atom. The Morgan fingerprint density at radius 1 is 0.667 bits per heavy atom. The highest BCUT2D eigenvalue weighted by atomic mass is 16.6. The van der Waals surface area contributed by atoms with Gasteiger partial charge in [0.15, 0.2) is 5.78 Å². The highest BCUT2D eigenvalue weighted by molar-refractivity contribution is 5.79. The second-order valence-electron chi connectivity index (χ2n) is 6.85. The van der Waals surface area contributed by atoms with E-state index in [0.29, 0.717) is 85.6 Å². The van der Waals surface area contributed by atoms with Gasteiger partial charge in [0.05, 0.1) is 72.7 Å². The van der Waals surface area contributed by atoms with Crippen LogP contribution < -0.4 is 5.32 Å². The zero-order valence-corrected chi connectivity index (χ0v) is 18.9. The monoisotopic (exact) mass is 435 g/mol. The average molecular weight is 436 g/mol. The molecule has 1 N–H and O–H groups in total. The summed E-state index contributed by atoms with van der Waals surface area (Å²) in [6.45, 7) is 11.6. The number of ketones is 1. The normalized spacial score (nSPS) is 11.2. The molecule has 0 aliphatic rings. The molecule has 9 nitrogen and oxygen atoms in total. The maximum absolute atomic E-state index is 11.3. The highest BCUT2D eigenvalue weighted by Crippen LogP contribution is 1.91. The summed E-state index contributed by atoms with van der Waals surface area (Å²) in [6, 6.07) is 0. The van der Waals surface area contributed by atoms with Gasteiger partial charge < -0.3 is 33.7 Å². The van der Waals surface area contributed by atoms with Crippen molar-refractivity contribution in [1.82, 2.24) is 5.32 Å². The maximum atomic E-state index is 11.3. The topological polar surface area (TPSA) is 102 Å². The van der Waals surface area contributed by atoms with Crippen LogP contribution in [0.2, 0.25) is 0 Å². The first kappa shape index (κ1) is 28.9. The Bertz CT molecular complexity index is 406. The standard InChI is InChI=1S/C21H41NO8/c1-4-5-20(23)18-30-17-16-29-15-14-28-13-12-27-11-10-26-9-8-25-7-6-22-21(24)19(2)3/h19H,4-18H2,1-3H3,(H,22,24). The van der Waals surface area contributed by atoms with Gasteiger partial charge in [-0.05, 0) is 6.42 Å². The lowest BCUT2D eigenvalue weighted by Crippen LogP contribution is -2.31. The fraction of sp³-hybridized carbons (Fsp3) is 0.905. The number of carbonyl (C=O) groups is 2. The molecule has 0 bridgehead atoms. The second kappa shape index (κ2) is 22.6. The molecular formula is C21H41NO8. The summed E-state index contributed by atoms with van der Waals surface area (Å²) in [5.41, 5.74) is 0. The van der Waals surface area contributed by atoms with Crippen LogP contribution in [0.25, 0.3) is 0 Å². The molecule has 30 heavy (non-hydrogen) atoms. The van der Waals surface area contributed by atoms with E-state index in [9.17, 15) is 9.59 Å². The molecule has 0 unspecified atom stereocenters. The molecular weight excluding hydrogens is 394 g/mol. The molecule has 9 heteroatoms. The first-order valence-corrected chi connectivity index (χ1v) is 10.8. The fourth-order valence-electron chi connectivity index (χ4n) is 2.09. The van der Waals surface area contributed by atoms with E-state index in [1.165, 1.54) is 0 Å². The van der Waals surface area contributed by atoms with Crippen molar-refractivity contribution in [2.75, 3.05) is 85.8 Å². The smallest absolute Gasteiger partial charge is 0.222 e. The van der Waals surface area contributed by atoms with Crippen molar-refractivity contribution in [1.29, 1.82) is 0 Å². The minimum absolute atomic E-state index is 0.00823. The van der Waals surface area contributed by atoms with E-state index in [2.05, 4.69) is 5.32 Å². The molecule has 0 aromatic rings. The van der Waals surface area contributed by atoms with Gasteiger partial charge in [-0.3, -0.25) is 9.59 Å². The summed E-state index contributed by atoms with van der Waals surface area (Å²) in [5.74, 6) is 0.152. The van der Waals surface area contributed by atoms with Crippen molar-refractivity contribution < 1.29 is 38.0 Å². The molecule has 0 atom stereocenters. The number of carbonyl (C=O) groups excluding carboxylic acids is 2. The van der Waals surface area contributed by atoms with Crippen LogP contribution in [0.15, 0.2) is 0 Å². The molecule has 1 amide bonds. The van der Waals surface area contributed by atoms with Crippen LogP contribution in [-0.4, -0.2) is 97.5 Å². The Hall–Kier alpha value is -1.10. The minimum Gasteiger partial charge on any atom is -0.377 e. The van der Waals surface area contributed by atoms with Gasteiger partial charge in [0.1, 0.15) is 6.61 Å². The highest BCUT2D eigenvalue weighted by Gasteiger charge is 2.04. The van der Waals surface area contributed by atoms with Crippen molar-refractivity contribution >= 4 is 11.7 Å². The number of Topliss-reactive ketones (excluding diaryl/α,β-unsaturated/α-hetero) is 1. The van der Waals surface area contributed by atoms with Crippen LogP contribution >= 0.6 is 0 Å². The molecule has 0 aromatic carbocycles. The second-order valence-corrected chi connectivity index (χ2v) is 6.85. The van der Waals surface area contributed by atoms with Gasteiger partial charge in [-0.2, -0.15) is 0 Å². The maximum Gasteiger partial charge on any atom is 0.222 e. The Morgan fingerprint density at radius 3 is 1.47 bits per heavy atom. The van der Waals surface area contributed by atoms with E-state index in [0.717, 1.165) is 6.42 Å². The van der Waals surface area contributed by atoms with Crippen LogP contribution in [0.4, 0.5) is 0 Å². The largest absolute Gasteiger partial charge is 0.377 e. The first-order valence-electron chi connectivity index (χ1n) is 10.8. The molecule has 0 fully saturated rings. The number of ether oxygens (including phenoxy) is 6. The van der Waals surface area contributed by atoms with Crippen molar-refractivity contribution in [3.63, 3.8) is 0 Å². The van der Waals surface area contributed by atoms with Gasteiger partial charge in [0, 0.05) is 18.9 Å². The predicted molar refractivity (Wildman–Crippen MR) is 113 cm³/mol. The van der Waals surface area contributed by atoms with Gasteiger partial charge in [0.2, 0.25) is 5.91 Å². The molecule has 0 aliphatic heterocycles. The van der Waals surface area contributed by atoms with Crippen molar-refractivity contribution in [2.24, 2.45) is 5.92 Å². The van der Waals surface area contributed by atoms with Gasteiger partial charge in [0.25, 0.3) is 0 Å². The van der Waals surface area contributed by atoms with Gasteiger partial charge in [-0.15, -0.1) is 0 Å². The molecule has 0 aromatic heterocycles. The molecule has 0 saturated heterocycles. The molecule has 178 valence electrons. The number of amides is 1. The first-order chi connectivity index (χ1) is 14.6. The van der Waals surface area contributed by atoms with E-state index in [1.54, 1.807) is 0 Å². The Balaban J connectivity index is 3.10. The van der Waals surface area contributed by atoms with E-state index < -0.39 is 0 Å². The summed E-state index contributed by atoms with van der Waals surface area (Å²) in [6.07, 6.45) is 1.42. The average Bonchev–Trinajstić information content (AvgIpc) is 2.72. The van der Waals surface area contributed by atoms with Crippen LogP contribution in [0.3, 0.4) is 0 Å². The summed E-state index contributed by atoms with van der Waals surface area (Å²) < 4.78 is 32.1. The van der Waals surface area contributed by atoms with Crippen LogP contribution in [0.5, 0.6) is 0 Å². The third kappa shape index (κ3) is 21.6. The Kier molecular flexibility index (Phi) is 21.8. The molecule has 0 spiro atoms. The zero-order valence-electron chi connectivity index (χ0n) is 18.9. The summed E-state index contributed by atoms with van der Waals surface area (Å²) in [4.78, 5) is 22.6. The van der Waals surface area contributed by atoms with Gasteiger partial charge >= 0.3 is 0 Å². The SMILES string of the molecule is CCCC(=O)COCCOCCOCCOCCOCCOCCNC(=O)C(C)C. The van der Waals surface area contributed by atoms with Crippen LogP contribution in [0, 0.1) is 5.92 Å². The van der Waals surface area contributed by atoms with Crippen molar-refractivity contribution in [3.05, 3.63) is 0 Å². The van der Waals surface area contributed by atoms with E-state index in [4.69, 9.17) is 28.4 Å². The van der Waals surface area contributed by atoms with Crippen LogP contribution in [-0.2, 0) is 38.0 Å². The lowest BCUT2D eigenvalue weighted by Gasteiger charge is -2.09. The lowest BCUT2D eigenvalue weighted by atomic mass is 10.2. The quantitative estimate of drug-likeness (QED) is 0.239. The van der Waals surface area contributed by atoms with Gasteiger partial charge in [-0.1, -0.05) is 20.8 Å². The van der Waals surface area contributed by atoms with E-state index >= 15 is 0 Å². The number of rotatable bonds is 23. The van der Waals surface area contributed by atoms with E-state index in [-0.39, 0.29) is 24.2 Å². The summed E-state index contributed by atoms with van der Waals surface area (Å²) >= 11 is 0. The Labute approximate surface area is 181 Å². The molecule has 0 heterocycles. The number of hydrogen-bond acceptors (Lipinski definition) is 8. The lowest BCUT2D eigenvalue weighted by molar-refractivity contribution is -0.125. The summed E-state index contributed by atoms with van der Waals surface area (Å²) in [5, 5.41) is 2.78. The molecule has 0 radical (unpaired) electrons. The molecule has 0 rings (SSSR count). The predicted octanol–water partition coefficient (Wildman–Crippen LogP) is 1.23. The van der Waals surface area contributed by atoms with Crippen LogP contribution in [0.1, 0.15) is 33.6 Å². The fourth-order valence-corrected chi connectivity index (χ4v) is 2.09. The molecule has 0 saturated carbocycles. The molecule has 0 aliphatic carbocycles. The number of nitrogens with one attached hydrogen (secondary N) is 1. The van der Waals surface area contributed by atoms with Crippen molar-refractivity contribution in [2.45, 2.75) is 33.6 Å². The minimum atomic E-state index is -0.00823. The third-order valence-corrected chi connectivity index (χ3v) is 3.72. The number of hydrogen-bond donors (Lipinski definition) is 1. The van der Waals surface area contributed by atoms with Crippen molar-refractivity contribution in [3.8, 4) is 0 Å². The van der Waals surface area contributed by atoms with Gasteiger partial charge in [-0.25, -0.2) is 0 Å². The summed E-state index contributed by atoms with van der Waals surface area (Å²) in [7, 11) is 0.